The molecule has 7 heteroatoms. The van der Waals surface area contributed by atoms with Gasteiger partial charge in [-0.05, 0) is 151 Å². The Morgan fingerprint density at radius 3 is 2.42 bits per heavy atom. The molecule has 3 saturated carbocycles. The lowest BCUT2D eigenvalue weighted by Crippen LogP contribution is -2.54. The zero-order chi connectivity index (χ0) is 35.0. The summed E-state index contributed by atoms with van der Waals surface area (Å²) in [5.41, 5.74) is 3.39. The second-order valence-corrected chi connectivity index (χ2v) is 17.9. The van der Waals surface area contributed by atoms with Gasteiger partial charge >= 0.3 is 6.09 Å². The van der Waals surface area contributed by atoms with E-state index in [-0.39, 0.29) is 23.5 Å². The summed E-state index contributed by atoms with van der Waals surface area (Å²) in [6.07, 6.45) is 9.95. The Kier molecular flexibility index (Phi) is 11.4. The molecule has 0 radical (unpaired) electrons. The number of amides is 1. The van der Waals surface area contributed by atoms with Crippen LogP contribution in [0.3, 0.4) is 0 Å². The van der Waals surface area contributed by atoms with Gasteiger partial charge in [-0.25, -0.2) is 4.79 Å². The number of nitrogens with zero attached hydrogens (tertiary/aromatic N) is 1. The molecule has 4 aliphatic rings. The number of halogens is 1. The lowest BCUT2D eigenvalue weighted by Gasteiger charge is -2.60. The third-order valence-corrected chi connectivity index (χ3v) is 13.6. The molecule has 6 nitrogen and oxygen atoms in total. The fourth-order valence-electron chi connectivity index (χ4n) is 10.7. The van der Waals surface area contributed by atoms with E-state index in [1.54, 1.807) is 16.0 Å². The van der Waals surface area contributed by atoms with Gasteiger partial charge in [-0.2, -0.15) is 0 Å². The van der Waals surface area contributed by atoms with Crippen LogP contribution in [0.5, 0.6) is 0 Å². The Balaban J connectivity index is 1.42. The maximum Gasteiger partial charge on any atom is 0.410 e. The Morgan fingerprint density at radius 1 is 1.06 bits per heavy atom. The normalized spacial score (nSPS) is 32.9. The maximum atomic E-state index is 13.6. The van der Waals surface area contributed by atoms with E-state index in [0.717, 1.165) is 44.1 Å². The molecule has 1 aromatic carbocycles. The zero-order valence-corrected chi connectivity index (χ0v) is 31.7. The average Bonchev–Trinajstić information content (AvgIpc) is 3.44. The standard InChI is InChI=1S/C41H62ClNO5/c1-26(2)31-18-21-41(36(45)24-43(38(46)48-39(5,6)7)23-29-10-12-30(42)13-11-29)22-19-32-33-14-9-27(3)40(8,20-17-28(4)47-25-44)35(33)16-15-34(32)37(31)41/h10-13,25-28,32-36,45H,9,14-24H2,1-8H3. The van der Waals surface area contributed by atoms with Crippen molar-refractivity contribution in [3.63, 3.8) is 0 Å². The van der Waals surface area contributed by atoms with Crippen molar-refractivity contribution in [3.8, 4) is 0 Å². The highest BCUT2D eigenvalue weighted by molar-refractivity contribution is 6.30. The molecule has 0 saturated heterocycles. The highest BCUT2D eigenvalue weighted by Crippen LogP contribution is 2.67. The summed E-state index contributed by atoms with van der Waals surface area (Å²) in [4.78, 5) is 26.4. The van der Waals surface area contributed by atoms with E-state index in [4.69, 9.17) is 21.1 Å². The zero-order valence-electron chi connectivity index (χ0n) is 30.9. The van der Waals surface area contributed by atoms with E-state index in [9.17, 15) is 14.7 Å². The first kappa shape index (κ1) is 37.2. The minimum atomic E-state index is -0.668. The number of aliphatic hydroxyl groups excluding tert-OH is 1. The third-order valence-electron chi connectivity index (χ3n) is 13.3. The number of fused-ring (bicyclic) bond motifs is 5. The monoisotopic (exact) mass is 683 g/mol. The molecule has 0 aromatic heterocycles. The van der Waals surface area contributed by atoms with Crippen molar-refractivity contribution in [3.05, 3.63) is 46.0 Å². The molecular formula is C41H62ClNO5. The quantitative estimate of drug-likeness (QED) is 0.186. The number of carbonyl (C=O) groups is 2. The summed E-state index contributed by atoms with van der Waals surface area (Å²) in [6, 6.07) is 7.58. The number of benzene rings is 1. The number of rotatable bonds is 11. The van der Waals surface area contributed by atoms with Gasteiger partial charge in [0.2, 0.25) is 0 Å². The molecule has 1 N–H and O–H groups in total. The van der Waals surface area contributed by atoms with E-state index in [1.807, 2.05) is 52.0 Å². The third kappa shape index (κ3) is 7.50. The van der Waals surface area contributed by atoms with E-state index < -0.39 is 17.8 Å². The molecule has 268 valence electrons. The predicted octanol–water partition coefficient (Wildman–Crippen LogP) is 10.0. The minimum absolute atomic E-state index is 0.0443. The maximum absolute atomic E-state index is 13.6. The molecular weight excluding hydrogens is 622 g/mol. The van der Waals surface area contributed by atoms with Crippen molar-refractivity contribution in [1.29, 1.82) is 0 Å². The van der Waals surface area contributed by atoms with Gasteiger partial charge in [0.25, 0.3) is 6.47 Å². The minimum Gasteiger partial charge on any atom is -0.465 e. The first-order valence-electron chi connectivity index (χ1n) is 18.8. The molecule has 0 aliphatic heterocycles. The van der Waals surface area contributed by atoms with Crippen LogP contribution in [0, 0.1) is 46.3 Å². The molecule has 0 heterocycles. The fourth-order valence-corrected chi connectivity index (χ4v) is 10.8. The number of allylic oxidation sites excluding steroid dienone is 1. The van der Waals surface area contributed by atoms with Crippen LogP contribution in [0.4, 0.5) is 4.79 Å². The van der Waals surface area contributed by atoms with Gasteiger partial charge in [-0.15, -0.1) is 0 Å². The van der Waals surface area contributed by atoms with Gasteiger partial charge in [0.05, 0.1) is 18.8 Å². The smallest absolute Gasteiger partial charge is 0.410 e. The van der Waals surface area contributed by atoms with Gasteiger partial charge in [0, 0.05) is 17.0 Å². The number of aliphatic hydroxyl groups is 1. The highest BCUT2D eigenvalue weighted by Gasteiger charge is 2.59. The molecule has 5 rings (SSSR count). The van der Waals surface area contributed by atoms with Crippen LogP contribution in [0.2, 0.25) is 5.02 Å². The van der Waals surface area contributed by atoms with Crippen molar-refractivity contribution >= 4 is 24.2 Å². The Morgan fingerprint density at radius 2 is 1.77 bits per heavy atom. The van der Waals surface area contributed by atoms with Crippen molar-refractivity contribution in [2.45, 2.75) is 144 Å². The van der Waals surface area contributed by atoms with Gasteiger partial charge < -0.3 is 19.5 Å². The first-order valence-corrected chi connectivity index (χ1v) is 19.2. The summed E-state index contributed by atoms with van der Waals surface area (Å²) >= 11 is 6.18. The number of carbonyl (C=O) groups excluding carboxylic acids is 2. The van der Waals surface area contributed by atoms with Gasteiger partial charge in [0.1, 0.15) is 5.60 Å². The SMILES string of the molecule is CC(CCC1(C)C(C)CCC2C3CCC4(C(O)CN(Cc5ccc(Cl)cc5)C(=O)OC(C)(C)C)CCC(C(C)C)=C4C3CCC21)OC=O. The van der Waals surface area contributed by atoms with E-state index >= 15 is 0 Å². The Labute approximate surface area is 295 Å². The number of hydrogen-bond donors (Lipinski definition) is 1. The second-order valence-electron chi connectivity index (χ2n) is 17.5. The van der Waals surface area contributed by atoms with E-state index in [1.165, 1.54) is 25.7 Å². The summed E-state index contributed by atoms with van der Waals surface area (Å²) in [6.45, 7) is 18.5. The highest BCUT2D eigenvalue weighted by atomic mass is 35.5. The van der Waals surface area contributed by atoms with Crippen molar-refractivity contribution < 1.29 is 24.2 Å². The molecule has 3 fully saturated rings. The van der Waals surface area contributed by atoms with Crippen LogP contribution in [0.25, 0.3) is 0 Å². The number of hydrogen-bond acceptors (Lipinski definition) is 5. The van der Waals surface area contributed by atoms with Crippen LogP contribution in [0.15, 0.2) is 35.4 Å². The Bertz CT molecular complexity index is 1320. The molecule has 4 aliphatic carbocycles. The fraction of sp³-hybridized carbons (Fsp3) is 0.756. The predicted molar refractivity (Wildman–Crippen MR) is 192 cm³/mol. The van der Waals surface area contributed by atoms with Crippen molar-refractivity contribution in [2.75, 3.05) is 6.54 Å². The molecule has 1 amide bonds. The van der Waals surface area contributed by atoms with E-state index in [2.05, 4.69) is 27.7 Å². The van der Waals surface area contributed by atoms with Crippen molar-refractivity contribution in [1.82, 2.24) is 4.90 Å². The summed E-state index contributed by atoms with van der Waals surface area (Å²) in [5.74, 6) is 3.59. The molecule has 9 atom stereocenters. The van der Waals surface area contributed by atoms with E-state index in [0.29, 0.717) is 53.5 Å². The Hall–Kier alpha value is -2.05. The topological polar surface area (TPSA) is 76.1 Å². The molecule has 1 aromatic rings. The first-order chi connectivity index (χ1) is 22.6. The second kappa shape index (κ2) is 14.7. The largest absolute Gasteiger partial charge is 0.465 e. The van der Waals surface area contributed by atoms with Crippen LogP contribution in [-0.4, -0.2) is 46.9 Å². The summed E-state index contributed by atoms with van der Waals surface area (Å²) in [7, 11) is 0. The molecule has 48 heavy (non-hydrogen) atoms. The lowest BCUT2D eigenvalue weighted by molar-refractivity contribution is -0.134. The number of ether oxygens (including phenoxy) is 2. The van der Waals surface area contributed by atoms with Crippen molar-refractivity contribution in [2.24, 2.45) is 46.3 Å². The summed E-state index contributed by atoms with van der Waals surface area (Å²) < 4.78 is 11.2. The lowest BCUT2D eigenvalue weighted by atomic mass is 9.45. The van der Waals surface area contributed by atoms with Crippen LogP contribution in [0.1, 0.15) is 125 Å². The van der Waals surface area contributed by atoms with Gasteiger partial charge in [-0.1, -0.05) is 62.6 Å². The molecule has 0 bridgehead atoms. The summed E-state index contributed by atoms with van der Waals surface area (Å²) in [5, 5.41) is 13.1. The molecule has 9 unspecified atom stereocenters. The van der Waals surface area contributed by atoms with Crippen LogP contribution >= 0.6 is 11.6 Å². The average molecular weight is 684 g/mol. The van der Waals surface area contributed by atoms with Gasteiger partial charge in [0.15, 0.2) is 0 Å². The van der Waals surface area contributed by atoms with Crippen LogP contribution < -0.4 is 0 Å². The molecule has 0 spiro atoms. The van der Waals surface area contributed by atoms with Gasteiger partial charge in [-0.3, -0.25) is 4.79 Å². The van der Waals surface area contributed by atoms with Crippen LogP contribution in [-0.2, 0) is 20.8 Å².